The number of amides is 1. The maximum Gasteiger partial charge on any atom is 0.289 e. The summed E-state index contributed by atoms with van der Waals surface area (Å²) < 4.78 is 11.3. The molecule has 1 aromatic heterocycles. The molecule has 1 N–H and O–H groups in total. The molecule has 7 nitrogen and oxygen atoms in total. The van der Waals surface area contributed by atoms with Crippen LogP contribution < -0.4 is 10.1 Å². The molecule has 0 aliphatic carbocycles. The summed E-state index contributed by atoms with van der Waals surface area (Å²) in [5.74, 6) is 2.01. The van der Waals surface area contributed by atoms with Crippen molar-refractivity contribution in [2.24, 2.45) is 4.99 Å². The van der Waals surface area contributed by atoms with Gasteiger partial charge < -0.3 is 24.3 Å². The number of piperazine rings is 1. The minimum absolute atomic E-state index is 0.0640. The van der Waals surface area contributed by atoms with E-state index in [4.69, 9.17) is 9.15 Å². The number of aliphatic imine (C=N–C) groups is 1. The predicted octanol–water partition coefficient (Wildman–Crippen LogP) is 2.99. The van der Waals surface area contributed by atoms with Gasteiger partial charge in [0.15, 0.2) is 11.7 Å². The fourth-order valence-electron chi connectivity index (χ4n) is 3.26. The molecule has 1 aliphatic heterocycles. The molecular weight excluding hydrogens is 368 g/mol. The Bertz CT molecular complexity index is 832. The highest BCUT2D eigenvalue weighted by atomic mass is 16.5. The number of nitrogens with zero attached hydrogens (tertiary/aromatic N) is 3. The fraction of sp³-hybridized carbons (Fsp3) is 0.455. The van der Waals surface area contributed by atoms with Crippen LogP contribution in [0.2, 0.25) is 0 Å². The van der Waals surface area contributed by atoms with E-state index in [-0.39, 0.29) is 11.5 Å². The average molecular weight is 399 g/mol. The van der Waals surface area contributed by atoms with Gasteiger partial charge in [-0.1, -0.05) is 18.2 Å². The molecule has 1 amide bonds. The molecule has 0 unspecified atom stereocenters. The van der Waals surface area contributed by atoms with Crippen LogP contribution in [0.4, 0.5) is 0 Å². The SMILES string of the molecule is CN=C(NCc1ccccc1OC(C)(C)C)N1CCN(C(=O)c2ccco2)CC1. The molecule has 0 atom stereocenters. The molecule has 0 spiro atoms. The van der Waals surface area contributed by atoms with E-state index in [9.17, 15) is 4.79 Å². The quantitative estimate of drug-likeness (QED) is 0.633. The third kappa shape index (κ3) is 5.53. The first-order valence-electron chi connectivity index (χ1n) is 9.92. The molecule has 0 radical (unpaired) electrons. The number of para-hydroxylation sites is 1. The maximum atomic E-state index is 12.4. The summed E-state index contributed by atoms with van der Waals surface area (Å²) in [5.41, 5.74) is 0.824. The van der Waals surface area contributed by atoms with Gasteiger partial charge in [-0.3, -0.25) is 9.79 Å². The summed E-state index contributed by atoms with van der Waals surface area (Å²) in [6.07, 6.45) is 1.52. The number of nitrogens with one attached hydrogen (secondary N) is 1. The first kappa shape index (κ1) is 20.8. The van der Waals surface area contributed by atoms with Crippen LogP contribution in [0.25, 0.3) is 0 Å². The van der Waals surface area contributed by atoms with E-state index < -0.39 is 0 Å². The highest BCUT2D eigenvalue weighted by Gasteiger charge is 2.25. The van der Waals surface area contributed by atoms with E-state index >= 15 is 0 Å². The molecule has 1 fully saturated rings. The highest BCUT2D eigenvalue weighted by Crippen LogP contribution is 2.23. The van der Waals surface area contributed by atoms with Crippen LogP contribution in [0.5, 0.6) is 5.75 Å². The molecule has 156 valence electrons. The average Bonchev–Trinajstić information content (AvgIpc) is 3.23. The second-order valence-corrected chi connectivity index (χ2v) is 7.98. The number of benzene rings is 1. The van der Waals surface area contributed by atoms with Crippen LogP contribution in [0, 0.1) is 0 Å². The molecule has 7 heteroatoms. The van der Waals surface area contributed by atoms with Crippen molar-refractivity contribution < 1.29 is 13.9 Å². The number of furan rings is 1. The Morgan fingerprint density at radius 2 is 1.79 bits per heavy atom. The maximum absolute atomic E-state index is 12.4. The molecule has 1 aromatic carbocycles. The Morgan fingerprint density at radius 1 is 1.10 bits per heavy atom. The van der Waals surface area contributed by atoms with Crippen molar-refractivity contribution in [3.8, 4) is 5.75 Å². The third-order valence-corrected chi connectivity index (χ3v) is 4.64. The van der Waals surface area contributed by atoms with Crippen molar-refractivity contribution >= 4 is 11.9 Å². The van der Waals surface area contributed by atoms with Crippen LogP contribution in [0.3, 0.4) is 0 Å². The number of carbonyl (C=O) groups is 1. The van der Waals surface area contributed by atoms with E-state index in [0.29, 0.717) is 38.5 Å². The molecule has 3 rings (SSSR count). The molecule has 1 aliphatic rings. The van der Waals surface area contributed by atoms with Crippen molar-refractivity contribution in [2.45, 2.75) is 32.9 Å². The van der Waals surface area contributed by atoms with Crippen molar-refractivity contribution in [1.29, 1.82) is 0 Å². The molecular formula is C22H30N4O3. The summed E-state index contributed by atoms with van der Waals surface area (Å²) in [6.45, 7) is 9.43. The zero-order chi connectivity index (χ0) is 20.9. The third-order valence-electron chi connectivity index (χ3n) is 4.64. The number of ether oxygens (including phenoxy) is 1. The minimum Gasteiger partial charge on any atom is -0.488 e. The second kappa shape index (κ2) is 9.03. The Morgan fingerprint density at radius 3 is 2.41 bits per heavy atom. The summed E-state index contributed by atoms with van der Waals surface area (Å²) in [7, 11) is 1.78. The Labute approximate surface area is 172 Å². The molecule has 2 heterocycles. The normalized spacial score (nSPS) is 15.4. The van der Waals surface area contributed by atoms with Gasteiger partial charge in [0.05, 0.1) is 6.26 Å². The van der Waals surface area contributed by atoms with E-state index in [1.54, 1.807) is 19.2 Å². The van der Waals surface area contributed by atoms with Gasteiger partial charge in [0, 0.05) is 45.3 Å². The topological polar surface area (TPSA) is 70.3 Å². The predicted molar refractivity (Wildman–Crippen MR) is 113 cm³/mol. The van der Waals surface area contributed by atoms with Crippen molar-refractivity contribution in [3.05, 3.63) is 54.0 Å². The van der Waals surface area contributed by atoms with Crippen LogP contribution in [0.1, 0.15) is 36.9 Å². The van der Waals surface area contributed by atoms with Crippen molar-refractivity contribution in [1.82, 2.24) is 15.1 Å². The largest absolute Gasteiger partial charge is 0.488 e. The number of hydrogen-bond acceptors (Lipinski definition) is 4. The van der Waals surface area contributed by atoms with Gasteiger partial charge in [-0.15, -0.1) is 0 Å². The minimum atomic E-state index is -0.255. The van der Waals surface area contributed by atoms with Gasteiger partial charge in [-0.05, 0) is 39.0 Å². The van der Waals surface area contributed by atoms with Gasteiger partial charge in [0.2, 0.25) is 0 Å². The van der Waals surface area contributed by atoms with Gasteiger partial charge in [0.25, 0.3) is 5.91 Å². The Balaban J connectivity index is 1.56. The summed E-state index contributed by atoms with van der Waals surface area (Å²) in [6, 6.07) is 11.5. The fourth-order valence-corrected chi connectivity index (χ4v) is 3.26. The molecule has 29 heavy (non-hydrogen) atoms. The summed E-state index contributed by atoms with van der Waals surface area (Å²) in [4.78, 5) is 20.8. The number of rotatable bonds is 4. The van der Waals surface area contributed by atoms with E-state index in [1.807, 2.05) is 43.9 Å². The van der Waals surface area contributed by atoms with Crippen LogP contribution in [-0.4, -0.2) is 60.5 Å². The lowest BCUT2D eigenvalue weighted by atomic mass is 10.1. The van der Waals surface area contributed by atoms with Gasteiger partial charge in [-0.25, -0.2) is 0 Å². The number of hydrogen-bond donors (Lipinski definition) is 1. The zero-order valence-electron chi connectivity index (χ0n) is 17.6. The first-order valence-corrected chi connectivity index (χ1v) is 9.92. The van der Waals surface area contributed by atoms with Crippen LogP contribution in [-0.2, 0) is 6.54 Å². The highest BCUT2D eigenvalue weighted by molar-refractivity contribution is 5.91. The smallest absolute Gasteiger partial charge is 0.289 e. The number of guanidine groups is 1. The summed E-state index contributed by atoms with van der Waals surface area (Å²) >= 11 is 0. The Hall–Kier alpha value is -2.96. The second-order valence-electron chi connectivity index (χ2n) is 7.98. The molecule has 0 bridgehead atoms. The summed E-state index contributed by atoms with van der Waals surface area (Å²) in [5, 5.41) is 3.43. The zero-order valence-corrected chi connectivity index (χ0v) is 17.6. The van der Waals surface area contributed by atoms with E-state index in [2.05, 4.69) is 21.3 Å². The first-order chi connectivity index (χ1) is 13.9. The van der Waals surface area contributed by atoms with Crippen LogP contribution in [0.15, 0.2) is 52.1 Å². The van der Waals surface area contributed by atoms with Crippen molar-refractivity contribution in [2.75, 3.05) is 33.2 Å². The molecule has 1 saturated heterocycles. The lowest BCUT2D eigenvalue weighted by Crippen LogP contribution is -2.53. The van der Waals surface area contributed by atoms with Gasteiger partial charge in [-0.2, -0.15) is 0 Å². The standard InChI is InChI=1S/C22H30N4O3/c1-22(2,3)29-18-9-6-5-8-17(18)16-24-21(23-4)26-13-11-25(12-14-26)20(27)19-10-7-15-28-19/h5-10,15H,11-14,16H2,1-4H3,(H,23,24). The lowest BCUT2D eigenvalue weighted by Gasteiger charge is -2.36. The van der Waals surface area contributed by atoms with E-state index in [1.165, 1.54) is 6.26 Å². The monoisotopic (exact) mass is 398 g/mol. The lowest BCUT2D eigenvalue weighted by molar-refractivity contribution is 0.0657. The molecule has 0 saturated carbocycles. The van der Waals surface area contributed by atoms with E-state index in [0.717, 1.165) is 17.3 Å². The van der Waals surface area contributed by atoms with Crippen molar-refractivity contribution in [3.63, 3.8) is 0 Å². The Kier molecular flexibility index (Phi) is 6.46. The van der Waals surface area contributed by atoms with Crippen LogP contribution >= 0.6 is 0 Å². The van der Waals surface area contributed by atoms with Gasteiger partial charge >= 0.3 is 0 Å². The molecule has 2 aromatic rings. The van der Waals surface area contributed by atoms with Gasteiger partial charge in [0.1, 0.15) is 11.4 Å². The number of carbonyl (C=O) groups excluding carboxylic acids is 1.